The van der Waals surface area contributed by atoms with Gasteiger partial charge in [0.05, 0.1) is 36.7 Å². The van der Waals surface area contributed by atoms with Gasteiger partial charge in [0, 0.05) is 31.5 Å². The molecule has 5 rings (SSSR count). The van der Waals surface area contributed by atoms with Crippen LogP contribution in [-0.2, 0) is 11.2 Å². The Kier molecular flexibility index (Phi) is 6.88. The van der Waals surface area contributed by atoms with E-state index in [1.54, 1.807) is 19.4 Å². The highest BCUT2D eigenvalue weighted by Gasteiger charge is 2.25. The van der Waals surface area contributed by atoms with E-state index in [4.69, 9.17) is 9.15 Å². The fourth-order valence-corrected chi connectivity index (χ4v) is 4.53. The number of likely N-dealkylation sites (N-methyl/N-ethyl adjacent to an activating group) is 1. The number of hydrogen-bond acceptors (Lipinski definition) is 9. The Hall–Kier alpha value is -4.58. The SMILES string of the molecule is CNC(=O)c1occc1Nc1nc(Nc2cc3c(cc2OC)CCCN3C(=O)CN(C)C)nc2[nH]ccc12. The first-order chi connectivity index (χ1) is 18.4. The predicted octanol–water partition coefficient (Wildman–Crippen LogP) is 3.25. The number of fused-ring (bicyclic) bond motifs is 2. The summed E-state index contributed by atoms with van der Waals surface area (Å²) in [6.07, 6.45) is 4.94. The van der Waals surface area contributed by atoms with Crippen LogP contribution in [0.3, 0.4) is 0 Å². The second-order valence-corrected chi connectivity index (χ2v) is 9.20. The summed E-state index contributed by atoms with van der Waals surface area (Å²) < 4.78 is 11.0. The van der Waals surface area contributed by atoms with Crippen LogP contribution in [0.1, 0.15) is 22.5 Å². The lowest BCUT2D eigenvalue weighted by atomic mass is 10.00. The van der Waals surface area contributed by atoms with Crippen LogP contribution in [0.15, 0.2) is 41.1 Å². The van der Waals surface area contributed by atoms with Crippen LogP contribution in [0.25, 0.3) is 11.0 Å². The molecule has 1 aliphatic rings. The third-order valence-electron chi connectivity index (χ3n) is 6.29. The van der Waals surface area contributed by atoms with Gasteiger partial charge in [0.1, 0.15) is 17.2 Å². The number of nitrogens with one attached hydrogen (secondary N) is 4. The molecule has 2 amide bonds. The maximum Gasteiger partial charge on any atom is 0.288 e. The van der Waals surface area contributed by atoms with Gasteiger partial charge in [0.15, 0.2) is 0 Å². The lowest BCUT2D eigenvalue weighted by molar-refractivity contribution is -0.119. The number of methoxy groups -OCH3 is 1. The number of rotatable bonds is 8. The summed E-state index contributed by atoms with van der Waals surface area (Å²) in [5.74, 6) is 1.21. The molecule has 0 aliphatic carbocycles. The Labute approximate surface area is 219 Å². The molecule has 0 saturated heterocycles. The Morgan fingerprint density at radius 2 is 2.03 bits per heavy atom. The lowest BCUT2D eigenvalue weighted by Gasteiger charge is -2.31. The van der Waals surface area contributed by atoms with E-state index >= 15 is 0 Å². The van der Waals surface area contributed by atoms with Crippen molar-refractivity contribution in [2.45, 2.75) is 12.8 Å². The van der Waals surface area contributed by atoms with E-state index in [2.05, 4.69) is 30.9 Å². The van der Waals surface area contributed by atoms with Gasteiger partial charge in [-0.15, -0.1) is 0 Å². The molecule has 3 aromatic heterocycles. The molecule has 0 radical (unpaired) electrons. The summed E-state index contributed by atoms with van der Waals surface area (Å²) in [5, 5.41) is 9.75. The number of carbonyl (C=O) groups excluding carboxylic acids is 2. The number of hydrogen-bond donors (Lipinski definition) is 4. The third kappa shape index (κ3) is 4.85. The summed E-state index contributed by atoms with van der Waals surface area (Å²) >= 11 is 0. The number of carbonyl (C=O) groups is 2. The number of furan rings is 1. The normalized spacial score (nSPS) is 12.9. The van der Waals surface area contributed by atoms with Gasteiger partial charge in [-0.2, -0.15) is 9.97 Å². The molecule has 0 spiro atoms. The van der Waals surface area contributed by atoms with Crippen molar-refractivity contribution < 1.29 is 18.7 Å². The largest absolute Gasteiger partial charge is 0.495 e. The molecule has 198 valence electrons. The topological polar surface area (TPSA) is 141 Å². The number of benzene rings is 1. The van der Waals surface area contributed by atoms with Crippen LogP contribution in [-0.4, -0.2) is 73.0 Å². The molecule has 12 nitrogen and oxygen atoms in total. The third-order valence-corrected chi connectivity index (χ3v) is 6.29. The molecule has 0 bridgehead atoms. The minimum Gasteiger partial charge on any atom is -0.495 e. The maximum atomic E-state index is 13.0. The van der Waals surface area contributed by atoms with Crippen molar-refractivity contribution in [2.24, 2.45) is 0 Å². The molecule has 4 aromatic rings. The van der Waals surface area contributed by atoms with E-state index in [0.717, 1.165) is 29.5 Å². The van der Waals surface area contributed by atoms with Gasteiger partial charge < -0.3 is 39.9 Å². The summed E-state index contributed by atoms with van der Waals surface area (Å²) in [5.41, 5.74) is 3.59. The quantitative estimate of drug-likeness (QED) is 0.277. The zero-order chi connectivity index (χ0) is 26.8. The van der Waals surface area contributed by atoms with Crippen LogP contribution in [0.5, 0.6) is 5.75 Å². The first-order valence-corrected chi connectivity index (χ1v) is 12.2. The number of ether oxygens (including phenoxy) is 1. The van der Waals surface area contributed by atoms with Crippen LogP contribution >= 0.6 is 0 Å². The van der Waals surface area contributed by atoms with Gasteiger partial charge in [0.2, 0.25) is 17.6 Å². The minimum atomic E-state index is -0.359. The Bertz CT molecular complexity index is 1490. The Morgan fingerprint density at radius 1 is 1.18 bits per heavy atom. The molecule has 4 heterocycles. The number of nitrogens with zero attached hydrogens (tertiary/aromatic N) is 4. The van der Waals surface area contributed by atoms with E-state index in [0.29, 0.717) is 47.6 Å². The van der Waals surface area contributed by atoms with Gasteiger partial charge in [-0.1, -0.05) is 0 Å². The molecule has 38 heavy (non-hydrogen) atoms. The van der Waals surface area contributed by atoms with E-state index in [1.807, 2.05) is 42.1 Å². The van der Waals surface area contributed by atoms with E-state index < -0.39 is 0 Å². The van der Waals surface area contributed by atoms with Crippen LogP contribution < -0.4 is 25.6 Å². The second-order valence-electron chi connectivity index (χ2n) is 9.20. The fourth-order valence-electron chi connectivity index (χ4n) is 4.53. The Morgan fingerprint density at radius 3 is 2.79 bits per heavy atom. The molecule has 12 heteroatoms. The lowest BCUT2D eigenvalue weighted by Crippen LogP contribution is -2.40. The average Bonchev–Trinajstić information content (AvgIpc) is 3.57. The first kappa shape index (κ1) is 25.1. The summed E-state index contributed by atoms with van der Waals surface area (Å²) in [6, 6.07) is 7.37. The van der Waals surface area contributed by atoms with E-state index in [-0.39, 0.29) is 17.6 Å². The molecule has 1 aliphatic heterocycles. The van der Waals surface area contributed by atoms with E-state index in [1.165, 1.54) is 13.3 Å². The van der Waals surface area contributed by atoms with Gasteiger partial charge in [-0.25, -0.2) is 0 Å². The van der Waals surface area contributed by atoms with Crippen LogP contribution in [0.2, 0.25) is 0 Å². The molecule has 1 aromatic carbocycles. The van der Waals surface area contributed by atoms with Crippen molar-refractivity contribution in [3.8, 4) is 5.75 Å². The van der Waals surface area contributed by atoms with Crippen molar-refractivity contribution in [3.05, 3.63) is 48.0 Å². The standard InChI is InChI=1S/C26H30N8O4/c1-27-25(36)22-17(8-11-38-22)29-24-16-7-9-28-23(16)31-26(32-24)30-18-13-19-15(12-20(18)37-4)6-5-10-34(19)21(35)14-33(2)3/h7-9,11-13H,5-6,10,14H2,1-4H3,(H,27,36)(H3,28,29,30,31,32). The van der Waals surface area contributed by atoms with E-state index in [9.17, 15) is 9.59 Å². The summed E-state index contributed by atoms with van der Waals surface area (Å²) in [4.78, 5) is 41.2. The predicted molar refractivity (Wildman–Crippen MR) is 145 cm³/mol. The number of aryl methyl sites for hydroxylation is 1. The molecule has 4 N–H and O–H groups in total. The fraction of sp³-hybridized carbons (Fsp3) is 0.308. The monoisotopic (exact) mass is 518 g/mol. The highest BCUT2D eigenvalue weighted by Crippen LogP contribution is 2.38. The number of aromatic amines is 1. The molecule has 0 atom stereocenters. The van der Waals surface area contributed by atoms with Crippen LogP contribution in [0.4, 0.5) is 28.8 Å². The number of anilines is 5. The van der Waals surface area contributed by atoms with Crippen molar-refractivity contribution in [2.75, 3.05) is 56.9 Å². The summed E-state index contributed by atoms with van der Waals surface area (Å²) in [7, 11) is 6.90. The highest BCUT2D eigenvalue weighted by molar-refractivity contribution is 5.99. The zero-order valence-corrected chi connectivity index (χ0v) is 21.7. The maximum absolute atomic E-state index is 13.0. The highest BCUT2D eigenvalue weighted by atomic mass is 16.5. The number of aromatic nitrogens is 3. The first-order valence-electron chi connectivity index (χ1n) is 12.2. The number of amides is 2. The van der Waals surface area contributed by atoms with Crippen LogP contribution in [0, 0.1) is 0 Å². The van der Waals surface area contributed by atoms with Gasteiger partial charge in [-0.3, -0.25) is 9.59 Å². The average molecular weight is 519 g/mol. The van der Waals surface area contributed by atoms with Crippen molar-refractivity contribution in [1.29, 1.82) is 0 Å². The molecule has 0 unspecified atom stereocenters. The number of H-pyrrole nitrogens is 1. The molecule has 0 saturated carbocycles. The summed E-state index contributed by atoms with van der Waals surface area (Å²) in [6.45, 7) is 0.977. The second kappa shape index (κ2) is 10.4. The van der Waals surface area contributed by atoms with Crippen molar-refractivity contribution in [1.82, 2.24) is 25.2 Å². The van der Waals surface area contributed by atoms with Crippen molar-refractivity contribution >= 4 is 51.7 Å². The van der Waals surface area contributed by atoms with Crippen molar-refractivity contribution in [3.63, 3.8) is 0 Å². The van der Waals surface area contributed by atoms with Gasteiger partial charge in [-0.05, 0) is 50.7 Å². The Balaban J connectivity index is 1.51. The van der Waals surface area contributed by atoms with Gasteiger partial charge >= 0.3 is 0 Å². The van der Waals surface area contributed by atoms with Gasteiger partial charge in [0.25, 0.3) is 5.91 Å². The molecule has 0 fully saturated rings. The smallest absolute Gasteiger partial charge is 0.288 e. The zero-order valence-electron chi connectivity index (χ0n) is 21.7. The minimum absolute atomic E-state index is 0.0367. The molecular formula is C26H30N8O4. The molecular weight excluding hydrogens is 488 g/mol.